The van der Waals surface area contributed by atoms with E-state index >= 15 is 0 Å². The van der Waals surface area contributed by atoms with Crippen LogP contribution in [0.4, 0.5) is 0 Å². The first kappa shape index (κ1) is 13.6. The molecule has 90 valence electrons. The Morgan fingerprint density at radius 1 is 1.56 bits per heavy atom. The Labute approximate surface area is 109 Å². The number of aromatic nitrogens is 1. The molecule has 0 saturated heterocycles. The minimum Gasteiger partial charge on any atom is -0.350 e. The first-order chi connectivity index (χ1) is 7.76. The van der Waals surface area contributed by atoms with Crippen LogP contribution < -0.4 is 5.32 Å². The molecule has 1 heterocycles. The predicted octanol–water partition coefficient (Wildman–Crippen LogP) is 2.89. The van der Waals surface area contributed by atoms with Gasteiger partial charge in [0.2, 0.25) is 5.91 Å². The molecule has 1 aromatic rings. The minimum atomic E-state index is 0.120. The fourth-order valence-electron chi connectivity index (χ4n) is 1.24. The van der Waals surface area contributed by atoms with Crippen molar-refractivity contribution in [3.8, 4) is 0 Å². The number of rotatable bonds is 7. The number of hydrogen-bond acceptors (Lipinski definition) is 3. The molecule has 0 aliphatic heterocycles. The third-order valence-electron chi connectivity index (χ3n) is 2.17. The lowest BCUT2D eigenvalue weighted by molar-refractivity contribution is -0.121. The molecule has 5 heteroatoms. The smallest absolute Gasteiger partial charge is 0.220 e. The summed E-state index contributed by atoms with van der Waals surface area (Å²) in [6.07, 6.45) is 5.49. The number of nitrogens with one attached hydrogen (secondary N) is 1. The standard InChI is InChI=1S/C11H17BrN2OS/c1-2-9-7-14-11(16-9)8-13-10(15)5-3-4-6-12/h7H,2-6,8H2,1H3,(H,13,15). The van der Waals surface area contributed by atoms with Crippen LogP contribution in [0, 0.1) is 0 Å². The van der Waals surface area contributed by atoms with Crippen LogP contribution >= 0.6 is 27.3 Å². The van der Waals surface area contributed by atoms with Gasteiger partial charge in [0.1, 0.15) is 5.01 Å². The van der Waals surface area contributed by atoms with Gasteiger partial charge in [0, 0.05) is 22.8 Å². The van der Waals surface area contributed by atoms with Gasteiger partial charge in [0.25, 0.3) is 0 Å². The molecule has 3 nitrogen and oxygen atoms in total. The molecular weight excluding hydrogens is 288 g/mol. The third kappa shape index (κ3) is 5.07. The van der Waals surface area contributed by atoms with Gasteiger partial charge in [-0.25, -0.2) is 4.98 Å². The van der Waals surface area contributed by atoms with Gasteiger partial charge in [-0.05, 0) is 19.3 Å². The van der Waals surface area contributed by atoms with Crippen molar-refractivity contribution in [2.75, 3.05) is 5.33 Å². The maximum Gasteiger partial charge on any atom is 0.220 e. The zero-order valence-corrected chi connectivity index (χ0v) is 11.9. The molecule has 1 rings (SSSR count). The molecule has 0 spiro atoms. The first-order valence-electron chi connectivity index (χ1n) is 5.52. The highest BCUT2D eigenvalue weighted by Crippen LogP contribution is 2.12. The molecule has 0 aliphatic carbocycles. The van der Waals surface area contributed by atoms with E-state index in [0.29, 0.717) is 13.0 Å². The van der Waals surface area contributed by atoms with E-state index in [-0.39, 0.29) is 5.91 Å². The summed E-state index contributed by atoms with van der Waals surface area (Å²) in [4.78, 5) is 16.9. The van der Waals surface area contributed by atoms with Gasteiger partial charge >= 0.3 is 0 Å². The highest BCUT2D eigenvalue weighted by Gasteiger charge is 2.03. The second kappa shape index (κ2) is 7.79. The van der Waals surface area contributed by atoms with Gasteiger partial charge in [0.05, 0.1) is 6.54 Å². The summed E-state index contributed by atoms with van der Waals surface area (Å²) in [5.74, 6) is 0.120. The number of carbonyl (C=O) groups is 1. The van der Waals surface area contributed by atoms with Crippen LogP contribution in [0.1, 0.15) is 36.1 Å². The Morgan fingerprint density at radius 3 is 3.00 bits per heavy atom. The zero-order valence-electron chi connectivity index (χ0n) is 9.46. The second-order valence-corrected chi connectivity index (χ2v) is 5.49. The average molecular weight is 305 g/mol. The fourth-order valence-corrected chi connectivity index (χ4v) is 2.43. The lowest BCUT2D eigenvalue weighted by atomic mass is 10.2. The van der Waals surface area contributed by atoms with Crippen LogP contribution in [0.25, 0.3) is 0 Å². The maximum absolute atomic E-state index is 11.4. The molecule has 0 bridgehead atoms. The first-order valence-corrected chi connectivity index (χ1v) is 7.46. The van der Waals surface area contributed by atoms with Crippen molar-refractivity contribution in [3.05, 3.63) is 16.1 Å². The Morgan fingerprint density at radius 2 is 2.38 bits per heavy atom. The Bertz CT molecular complexity index is 328. The lowest BCUT2D eigenvalue weighted by Crippen LogP contribution is -2.22. The average Bonchev–Trinajstić information content (AvgIpc) is 2.74. The van der Waals surface area contributed by atoms with Crippen LogP contribution in [0.15, 0.2) is 6.20 Å². The van der Waals surface area contributed by atoms with Crippen LogP contribution in [0.2, 0.25) is 0 Å². The highest BCUT2D eigenvalue weighted by atomic mass is 79.9. The number of alkyl halides is 1. The molecule has 0 atom stereocenters. The summed E-state index contributed by atoms with van der Waals surface area (Å²) in [5, 5.41) is 4.85. The van der Waals surface area contributed by atoms with Crippen molar-refractivity contribution < 1.29 is 4.79 Å². The molecule has 0 unspecified atom stereocenters. The van der Waals surface area contributed by atoms with Gasteiger partial charge < -0.3 is 5.32 Å². The van der Waals surface area contributed by atoms with Gasteiger partial charge in [-0.1, -0.05) is 22.9 Å². The Kier molecular flexibility index (Phi) is 6.64. The summed E-state index contributed by atoms with van der Waals surface area (Å²) >= 11 is 5.02. The topological polar surface area (TPSA) is 42.0 Å². The van der Waals surface area contributed by atoms with E-state index in [1.165, 1.54) is 4.88 Å². The summed E-state index contributed by atoms with van der Waals surface area (Å²) in [6.45, 7) is 2.67. The third-order valence-corrected chi connectivity index (χ3v) is 3.88. The monoisotopic (exact) mass is 304 g/mol. The molecule has 0 saturated carbocycles. The van der Waals surface area contributed by atoms with Crippen molar-refractivity contribution in [1.82, 2.24) is 10.3 Å². The van der Waals surface area contributed by atoms with Crippen LogP contribution in [0.5, 0.6) is 0 Å². The molecule has 0 aromatic carbocycles. The fraction of sp³-hybridized carbons (Fsp3) is 0.636. The van der Waals surface area contributed by atoms with E-state index in [1.54, 1.807) is 11.3 Å². The number of nitrogens with zero attached hydrogens (tertiary/aromatic N) is 1. The zero-order chi connectivity index (χ0) is 11.8. The van der Waals surface area contributed by atoms with Crippen molar-refractivity contribution in [1.29, 1.82) is 0 Å². The van der Waals surface area contributed by atoms with Gasteiger partial charge in [-0.2, -0.15) is 0 Å². The van der Waals surface area contributed by atoms with Gasteiger partial charge in [0.15, 0.2) is 0 Å². The number of halogens is 1. The van der Waals surface area contributed by atoms with Crippen molar-refractivity contribution in [2.24, 2.45) is 0 Å². The SMILES string of the molecule is CCc1cnc(CNC(=O)CCCCBr)s1. The number of carbonyl (C=O) groups excluding carboxylic acids is 1. The molecule has 0 radical (unpaired) electrons. The molecule has 16 heavy (non-hydrogen) atoms. The summed E-state index contributed by atoms with van der Waals surface area (Å²) in [5.41, 5.74) is 0. The Balaban J connectivity index is 2.20. The van der Waals surface area contributed by atoms with Crippen LogP contribution in [0.3, 0.4) is 0 Å². The van der Waals surface area contributed by atoms with E-state index in [0.717, 1.165) is 29.6 Å². The largest absolute Gasteiger partial charge is 0.350 e. The van der Waals surface area contributed by atoms with Crippen molar-refractivity contribution in [2.45, 2.75) is 39.2 Å². The van der Waals surface area contributed by atoms with Crippen molar-refractivity contribution in [3.63, 3.8) is 0 Å². The van der Waals surface area contributed by atoms with E-state index in [1.807, 2.05) is 6.20 Å². The van der Waals surface area contributed by atoms with E-state index in [9.17, 15) is 4.79 Å². The van der Waals surface area contributed by atoms with Gasteiger partial charge in [-0.15, -0.1) is 11.3 Å². The van der Waals surface area contributed by atoms with Crippen LogP contribution in [-0.4, -0.2) is 16.2 Å². The highest BCUT2D eigenvalue weighted by molar-refractivity contribution is 9.09. The molecule has 0 aliphatic rings. The number of unbranched alkanes of at least 4 members (excludes halogenated alkanes) is 1. The molecular formula is C11H17BrN2OS. The van der Waals surface area contributed by atoms with Crippen molar-refractivity contribution >= 4 is 33.2 Å². The molecule has 1 amide bonds. The summed E-state index contributed by atoms with van der Waals surface area (Å²) < 4.78 is 0. The minimum absolute atomic E-state index is 0.120. The van der Waals surface area contributed by atoms with Crippen LogP contribution in [-0.2, 0) is 17.8 Å². The summed E-state index contributed by atoms with van der Waals surface area (Å²) in [6, 6.07) is 0. The molecule has 1 N–H and O–H groups in total. The number of thiazole rings is 1. The van der Waals surface area contributed by atoms with Gasteiger partial charge in [-0.3, -0.25) is 4.79 Å². The maximum atomic E-state index is 11.4. The van der Waals surface area contributed by atoms with E-state index < -0.39 is 0 Å². The molecule has 1 aromatic heterocycles. The lowest BCUT2D eigenvalue weighted by Gasteiger charge is -2.01. The normalized spacial score (nSPS) is 10.4. The molecule has 0 fully saturated rings. The summed E-state index contributed by atoms with van der Waals surface area (Å²) in [7, 11) is 0. The quantitative estimate of drug-likeness (QED) is 0.622. The predicted molar refractivity (Wildman–Crippen MR) is 71.0 cm³/mol. The van der Waals surface area contributed by atoms with E-state index in [4.69, 9.17) is 0 Å². The second-order valence-electron chi connectivity index (χ2n) is 3.50. The number of hydrogen-bond donors (Lipinski definition) is 1. The number of amides is 1. The number of aryl methyl sites for hydroxylation is 1. The van der Waals surface area contributed by atoms with E-state index in [2.05, 4.69) is 33.2 Å². The Hall–Kier alpha value is -0.420.